The standard InChI is InChI=1S/C15H12ClN5OS/c16-10-4-2-1-3-9(10)11-7-12(19-18-11)13(22)17-15-21-20-14(23-15)8-5-6-8/h1-4,7-8H,5-6H2,(H,18,19)(H,17,21,22). The quantitative estimate of drug-likeness (QED) is 0.755. The number of hydrogen-bond donors (Lipinski definition) is 2. The van der Waals surface area contributed by atoms with Crippen LogP contribution >= 0.6 is 22.9 Å². The van der Waals surface area contributed by atoms with Gasteiger partial charge in [0.1, 0.15) is 10.7 Å². The van der Waals surface area contributed by atoms with Crippen molar-refractivity contribution in [1.82, 2.24) is 20.4 Å². The van der Waals surface area contributed by atoms with E-state index >= 15 is 0 Å². The maximum Gasteiger partial charge on any atom is 0.275 e. The molecule has 116 valence electrons. The topological polar surface area (TPSA) is 83.6 Å². The molecule has 1 fully saturated rings. The van der Waals surface area contributed by atoms with Crippen molar-refractivity contribution < 1.29 is 4.79 Å². The van der Waals surface area contributed by atoms with E-state index in [0.717, 1.165) is 23.4 Å². The average molecular weight is 346 g/mol. The maximum atomic E-state index is 12.3. The van der Waals surface area contributed by atoms with Crippen LogP contribution < -0.4 is 5.32 Å². The molecule has 4 rings (SSSR count). The number of aromatic amines is 1. The number of H-pyrrole nitrogens is 1. The molecular formula is C15H12ClN5OS. The fourth-order valence-electron chi connectivity index (χ4n) is 2.19. The first-order valence-corrected chi connectivity index (χ1v) is 8.35. The SMILES string of the molecule is O=C(Nc1nnc(C2CC2)s1)c1cc(-c2ccccc2Cl)n[nH]1. The lowest BCUT2D eigenvalue weighted by Crippen LogP contribution is -2.12. The van der Waals surface area contributed by atoms with Gasteiger partial charge in [0, 0.05) is 11.5 Å². The van der Waals surface area contributed by atoms with Gasteiger partial charge in [0.05, 0.1) is 10.7 Å². The summed E-state index contributed by atoms with van der Waals surface area (Å²) < 4.78 is 0. The first-order chi connectivity index (χ1) is 11.2. The molecule has 6 nitrogen and oxygen atoms in total. The lowest BCUT2D eigenvalue weighted by atomic mass is 10.1. The maximum absolute atomic E-state index is 12.3. The van der Waals surface area contributed by atoms with Gasteiger partial charge in [-0.25, -0.2) is 0 Å². The molecule has 1 aliphatic carbocycles. The molecule has 23 heavy (non-hydrogen) atoms. The van der Waals surface area contributed by atoms with Gasteiger partial charge in [-0.3, -0.25) is 15.2 Å². The molecular weight excluding hydrogens is 334 g/mol. The Morgan fingerprint density at radius 3 is 2.91 bits per heavy atom. The third-order valence-corrected chi connectivity index (χ3v) is 4.89. The normalized spacial score (nSPS) is 14.0. The second-order valence-corrected chi connectivity index (χ2v) is 6.74. The number of anilines is 1. The highest BCUT2D eigenvalue weighted by Gasteiger charge is 2.27. The first kappa shape index (κ1) is 14.3. The van der Waals surface area contributed by atoms with Crippen molar-refractivity contribution in [2.45, 2.75) is 18.8 Å². The van der Waals surface area contributed by atoms with Crippen molar-refractivity contribution in [2.75, 3.05) is 5.32 Å². The van der Waals surface area contributed by atoms with Gasteiger partial charge in [0.25, 0.3) is 5.91 Å². The summed E-state index contributed by atoms with van der Waals surface area (Å²) in [5.74, 6) is 0.228. The molecule has 0 bridgehead atoms. The zero-order valence-corrected chi connectivity index (χ0v) is 13.5. The lowest BCUT2D eigenvalue weighted by molar-refractivity contribution is 0.102. The summed E-state index contributed by atoms with van der Waals surface area (Å²) in [4.78, 5) is 12.3. The van der Waals surface area contributed by atoms with Crippen molar-refractivity contribution >= 4 is 34.0 Å². The van der Waals surface area contributed by atoms with E-state index in [9.17, 15) is 4.79 Å². The van der Waals surface area contributed by atoms with Crippen LogP contribution in [0.25, 0.3) is 11.3 Å². The Morgan fingerprint density at radius 1 is 1.30 bits per heavy atom. The van der Waals surface area contributed by atoms with E-state index in [1.807, 2.05) is 18.2 Å². The van der Waals surface area contributed by atoms with Crippen molar-refractivity contribution in [2.24, 2.45) is 0 Å². The highest BCUT2D eigenvalue weighted by Crippen LogP contribution is 2.42. The summed E-state index contributed by atoms with van der Waals surface area (Å²) in [6, 6.07) is 9.02. The first-order valence-electron chi connectivity index (χ1n) is 7.16. The number of halogens is 1. The molecule has 2 aromatic heterocycles. The minimum absolute atomic E-state index is 0.297. The molecule has 0 atom stereocenters. The van der Waals surface area contributed by atoms with E-state index in [-0.39, 0.29) is 5.91 Å². The minimum atomic E-state index is -0.297. The Kier molecular flexibility index (Phi) is 3.59. The summed E-state index contributed by atoms with van der Waals surface area (Å²) in [7, 11) is 0. The second kappa shape index (κ2) is 5.75. The van der Waals surface area contributed by atoms with Crippen LogP contribution in [0.2, 0.25) is 5.02 Å². The van der Waals surface area contributed by atoms with E-state index < -0.39 is 0 Å². The Hall–Kier alpha value is -2.25. The Labute approximate surface area is 140 Å². The monoisotopic (exact) mass is 345 g/mol. The predicted octanol–water partition coefficient (Wildman–Crippen LogP) is 3.71. The highest BCUT2D eigenvalue weighted by molar-refractivity contribution is 7.15. The molecule has 2 heterocycles. The van der Waals surface area contributed by atoms with Crippen LogP contribution in [0.5, 0.6) is 0 Å². The number of nitrogens with one attached hydrogen (secondary N) is 2. The van der Waals surface area contributed by atoms with Crippen LogP contribution in [0.1, 0.15) is 34.3 Å². The fraction of sp³-hybridized carbons (Fsp3) is 0.200. The average Bonchev–Trinajstić information content (AvgIpc) is 3.09. The van der Waals surface area contributed by atoms with E-state index in [0.29, 0.717) is 27.5 Å². The molecule has 8 heteroatoms. The van der Waals surface area contributed by atoms with Gasteiger partial charge in [-0.15, -0.1) is 10.2 Å². The van der Waals surface area contributed by atoms with Crippen LogP contribution in [-0.4, -0.2) is 26.3 Å². The number of aromatic nitrogens is 4. The Balaban J connectivity index is 1.51. The molecule has 1 saturated carbocycles. The smallest absolute Gasteiger partial charge is 0.275 e. The van der Waals surface area contributed by atoms with Crippen molar-refractivity contribution in [3.05, 3.63) is 46.1 Å². The number of benzene rings is 1. The summed E-state index contributed by atoms with van der Waals surface area (Å²) in [6.45, 7) is 0. The van der Waals surface area contributed by atoms with E-state index in [4.69, 9.17) is 11.6 Å². The molecule has 0 spiro atoms. The number of carbonyl (C=O) groups excluding carboxylic acids is 1. The second-order valence-electron chi connectivity index (χ2n) is 5.32. The number of carbonyl (C=O) groups is 1. The third-order valence-electron chi connectivity index (χ3n) is 3.56. The van der Waals surface area contributed by atoms with Gasteiger partial charge >= 0.3 is 0 Å². The van der Waals surface area contributed by atoms with Gasteiger partial charge in [-0.1, -0.05) is 41.1 Å². The lowest BCUT2D eigenvalue weighted by Gasteiger charge is -1.98. The summed E-state index contributed by atoms with van der Waals surface area (Å²) in [5, 5.41) is 19.8. The Bertz CT molecular complexity index is 870. The van der Waals surface area contributed by atoms with Crippen LogP contribution in [0, 0.1) is 0 Å². The van der Waals surface area contributed by atoms with Gasteiger partial charge in [0.15, 0.2) is 0 Å². The minimum Gasteiger partial charge on any atom is -0.295 e. The van der Waals surface area contributed by atoms with E-state index in [1.54, 1.807) is 12.1 Å². The fourth-order valence-corrected chi connectivity index (χ4v) is 3.33. The molecule has 0 unspecified atom stereocenters. The zero-order chi connectivity index (χ0) is 15.8. The molecule has 1 aromatic carbocycles. The summed E-state index contributed by atoms with van der Waals surface area (Å²) >= 11 is 7.57. The molecule has 3 aromatic rings. The number of amides is 1. The van der Waals surface area contributed by atoms with E-state index in [1.165, 1.54) is 11.3 Å². The highest BCUT2D eigenvalue weighted by atomic mass is 35.5. The number of rotatable bonds is 4. The number of nitrogens with zero attached hydrogens (tertiary/aromatic N) is 3. The van der Waals surface area contributed by atoms with Crippen LogP contribution in [0.4, 0.5) is 5.13 Å². The molecule has 0 aliphatic heterocycles. The molecule has 2 N–H and O–H groups in total. The van der Waals surface area contributed by atoms with Crippen LogP contribution in [-0.2, 0) is 0 Å². The van der Waals surface area contributed by atoms with Gasteiger partial charge in [-0.05, 0) is 25.0 Å². The van der Waals surface area contributed by atoms with Crippen molar-refractivity contribution in [1.29, 1.82) is 0 Å². The van der Waals surface area contributed by atoms with Crippen molar-refractivity contribution in [3.8, 4) is 11.3 Å². The Morgan fingerprint density at radius 2 is 2.13 bits per heavy atom. The molecule has 1 aliphatic rings. The van der Waals surface area contributed by atoms with Gasteiger partial charge < -0.3 is 0 Å². The van der Waals surface area contributed by atoms with Crippen molar-refractivity contribution in [3.63, 3.8) is 0 Å². The van der Waals surface area contributed by atoms with E-state index in [2.05, 4.69) is 25.7 Å². The summed E-state index contributed by atoms with van der Waals surface area (Å²) in [6.07, 6.45) is 2.31. The molecule has 1 amide bonds. The predicted molar refractivity (Wildman–Crippen MR) is 88.9 cm³/mol. The molecule has 0 saturated heterocycles. The van der Waals surface area contributed by atoms with Gasteiger partial charge in [0.2, 0.25) is 5.13 Å². The summed E-state index contributed by atoms with van der Waals surface area (Å²) in [5.41, 5.74) is 1.75. The van der Waals surface area contributed by atoms with Crippen LogP contribution in [0.15, 0.2) is 30.3 Å². The third kappa shape index (κ3) is 2.97. The van der Waals surface area contributed by atoms with Crippen LogP contribution in [0.3, 0.4) is 0 Å². The number of hydrogen-bond acceptors (Lipinski definition) is 5. The van der Waals surface area contributed by atoms with Gasteiger partial charge in [-0.2, -0.15) is 5.10 Å². The zero-order valence-electron chi connectivity index (χ0n) is 11.9. The largest absolute Gasteiger partial charge is 0.295 e. The molecule has 0 radical (unpaired) electrons.